The van der Waals surface area contributed by atoms with E-state index in [2.05, 4.69) is 50.5 Å². The van der Waals surface area contributed by atoms with E-state index in [4.69, 9.17) is 0 Å². The Balaban J connectivity index is 1.58. The highest BCUT2D eigenvalue weighted by atomic mass is 32.2. The molecule has 1 aliphatic rings. The van der Waals surface area contributed by atoms with Gasteiger partial charge in [0.15, 0.2) is 5.96 Å². The second kappa shape index (κ2) is 7.92. The summed E-state index contributed by atoms with van der Waals surface area (Å²) in [5.74, 6) is 0.871. The number of hydrogen-bond acceptors (Lipinski definition) is 3. The van der Waals surface area contributed by atoms with Crippen LogP contribution in [0.15, 0.2) is 29.4 Å². The van der Waals surface area contributed by atoms with Gasteiger partial charge in [-0.2, -0.15) is 11.8 Å². The van der Waals surface area contributed by atoms with Gasteiger partial charge in [0.25, 0.3) is 0 Å². The quantitative estimate of drug-likeness (QED) is 0.661. The molecule has 0 aliphatic heterocycles. The predicted octanol–water partition coefficient (Wildman–Crippen LogP) is 2.98. The van der Waals surface area contributed by atoms with Gasteiger partial charge in [-0.15, -0.1) is 0 Å². The maximum atomic E-state index is 4.67. The second-order valence-corrected chi connectivity index (χ2v) is 7.56. The van der Waals surface area contributed by atoms with Crippen LogP contribution in [-0.2, 0) is 6.54 Å². The molecule has 0 amide bonds. The molecule has 24 heavy (non-hydrogen) atoms. The van der Waals surface area contributed by atoms with Gasteiger partial charge in [-0.3, -0.25) is 4.99 Å². The number of fused-ring (bicyclic) bond motifs is 1. The van der Waals surface area contributed by atoms with E-state index in [1.54, 1.807) is 0 Å². The number of nitrogens with zero attached hydrogens (tertiary/aromatic N) is 3. The molecule has 2 N–H and O–H groups in total. The third kappa shape index (κ3) is 4.04. The van der Waals surface area contributed by atoms with Crippen LogP contribution in [0, 0.1) is 6.92 Å². The van der Waals surface area contributed by atoms with Gasteiger partial charge in [-0.05, 0) is 44.6 Å². The lowest BCUT2D eigenvalue weighted by Gasteiger charge is -2.29. The van der Waals surface area contributed by atoms with E-state index in [1.165, 1.54) is 31.4 Å². The first-order valence-electron chi connectivity index (χ1n) is 8.63. The van der Waals surface area contributed by atoms with E-state index in [0.717, 1.165) is 22.6 Å². The van der Waals surface area contributed by atoms with Crippen molar-refractivity contribution in [1.82, 2.24) is 20.0 Å². The zero-order chi connectivity index (χ0) is 16.9. The molecule has 0 bridgehead atoms. The molecule has 5 nitrogen and oxygen atoms in total. The van der Waals surface area contributed by atoms with Crippen molar-refractivity contribution in [3.8, 4) is 0 Å². The highest BCUT2D eigenvalue weighted by Crippen LogP contribution is 2.26. The van der Waals surface area contributed by atoms with Crippen LogP contribution in [0.1, 0.15) is 37.1 Å². The summed E-state index contributed by atoms with van der Waals surface area (Å²) in [7, 11) is 1.83. The summed E-state index contributed by atoms with van der Waals surface area (Å²) in [6.07, 6.45) is 9.39. The zero-order valence-electron chi connectivity index (χ0n) is 14.7. The molecule has 130 valence electrons. The predicted molar refractivity (Wildman–Crippen MR) is 103 cm³/mol. The summed E-state index contributed by atoms with van der Waals surface area (Å²) in [6.45, 7) is 2.77. The number of aryl methyl sites for hydroxylation is 1. The van der Waals surface area contributed by atoms with Crippen molar-refractivity contribution in [3.63, 3.8) is 0 Å². The van der Waals surface area contributed by atoms with E-state index in [-0.39, 0.29) is 0 Å². The number of hydrogen-bond donors (Lipinski definition) is 2. The summed E-state index contributed by atoms with van der Waals surface area (Å²) >= 11 is 1.99. The lowest BCUT2D eigenvalue weighted by molar-refractivity contribution is 0.419. The van der Waals surface area contributed by atoms with E-state index < -0.39 is 0 Å². The summed E-state index contributed by atoms with van der Waals surface area (Å²) in [4.78, 5) is 9.04. The molecule has 2 aromatic rings. The summed E-state index contributed by atoms with van der Waals surface area (Å²) in [6, 6.07) is 6.69. The van der Waals surface area contributed by atoms with Gasteiger partial charge in [-0.1, -0.05) is 12.5 Å². The van der Waals surface area contributed by atoms with Gasteiger partial charge in [0, 0.05) is 30.2 Å². The van der Waals surface area contributed by atoms with Crippen molar-refractivity contribution in [2.45, 2.75) is 50.4 Å². The fraction of sp³-hybridized carbons (Fsp3) is 0.556. The number of nitrogens with one attached hydrogen (secondary N) is 2. The molecule has 3 rings (SSSR count). The van der Waals surface area contributed by atoms with Gasteiger partial charge >= 0.3 is 0 Å². The van der Waals surface area contributed by atoms with Gasteiger partial charge in [0.1, 0.15) is 5.65 Å². The number of rotatable bonds is 4. The number of pyridine rings is 1. The van der Waals surface area contributed by atoms with Crippen LogP contribution in [0.2, 0.25) is 0 Å². The molecule has 0 aromatic carbocycles. The smallest absolute Gasteiger partial charge is 0.191 e. The Bertz CT molecular complexity index is 708. The maximum Gasteiger partial charge on any atom is 0.191 e. The normalized spacial score (nSPS) is 21.9. The van der Waals surface area contributed by atoms with E-state index in [9.17, 15) is 0 Å². The lowest BCUT2D eigenvalue weighted by Crippen LogP contribution is -2.45. The van der Waals surface area contributed by atoms with Crippen molar-refractivity contribution >= 4 is 23.4 Å². The van der Waals surface area contributed by atoms with E-state index >= 15 is 0 Å². The zero-order valence-corrected chi connectivity index (χ0v) is 15.6. The average Bonchev–Trinajstić information content (AvgIpc) is 3.03. The number of guanidine groups is 1. The largest absolute Gasteiger partial charge is 0.354 e. The maximum absolute atomic E-state index is 4.67. The molecule has 0 saturated heterocycles. The van der Waals surface area contributed by atoms with Crippen LogP contribution in [0.25, 0.3) is 5.65 Å². The molecular formula is C18H27N5S. The van der Waals surface area contributed by atoms with Crippen LogP contribution in [0.5, 0.6) is 0 Å². The Morgan fingerprint density at radius 3 is 3.04 bits per heavy atom. The van der Waals surface area contributed by atoms with Crippen molar-refractivity contribution in [1.29, 1.82) is 0 Å². The van der Waals surface area contributed by atoms with Crippen molar-refractivity contribution in [3.05, 3.63) is 35.8 Å². The third-order valence-electron chi connectivity index (χ3n) is 4.71. The van der Waals surface area contributed by atoms with Gasteiger partial charge in [0.2, 0.25) is 0 Å². The summed E-state index contributed by atoms with van der Waals surface area (Å²) in [5, 5.41) is 7.75. The van der Waals surface area contributed by atoms with Crippen molar-refractivity contribution in [2.24, 2.45) is 4.99 Å². The second-order valence-electron chi connectivity index (χ2n) is 6.42. The van der Waals surface area contributed by atoms with Crippen LogP contribution < -0.4 is 10.6 Å². The monoisotopic (exact) mass is 345 g/mol. The first kappa shape index (κ1) is 17.1. The Labute approximate surface area is 148 Å². The van der Waals surface area contributed by atoms with E-state index in [0.29, 0.717) is 12.6 Å². The van der Waals surface area contributed by atoms with Crippen LogP contribution in [-0.4, -0.2) is 39.9 Å². The molecule has 2 unspecified atom stereocenters. The Morgan fingerprint density at radius 1 is 1.42 bits per heavy atom. The topological polar surface area (TPSA) is 53.7 Å². The third-order valence-corrected chi connectivity index (χ3v) is 5.80. The molecule has 2 aromatic heterocycles. The van der Waals surface area contributed by atoms with Crippen LogP contribution in [0.3, 0.4) is 0 Å². The Kier molecular flexibility index (Phi) is 5.66. The molecule has 2 heterocycles. The number of aromatic nitrogens is 2. The SMILES string of the molecule is CN=C(NCc1cn2c(C)cccc2n1)NC1CCCC(SC)C1. The summed E-state index contributed by atoms with van der Waals surface area (Å²) < 4.78 is 2.12. The van der Waals surface area contributed by atoms with Gasteiger partial charge < -0.3 is 15.0 Å². The van der Waals surface area contributed by atoms with Crippen molar-refractivity contribution < 1.29 is 0 Å². The minimum absolute atomic E-state index is 0.519. The molecule has 1 aliphatic carbocycles. The fourth-order valence-corrected chi connectivity index (χ4v) is 4.16. The van der Waals surface area contributed by atoms with E-state index in [1.807, 2.05) is 30.9 Å². The molecule has 1 saturated carbocycles. The molecule has 1 fully saturated rings. The molecule has 2 atom stereocenters. The Morgan fingerprint density at radius 2 is 2.29 bits per heavy atom. The Hall–Kier alpha value is -1.69. The van der Waals surface area contributed by atoms with Crippen molar-refractivity contribution in [2.75, 3.05) is 13.3 Å². The highest BCUT2D eigenvalue weighted by Gasteiger charge is 2.21. The average molecular weight is 346 g/mol. The lowest BCUT2D eigenvalue weighted by atomic mass is 9.95. The number of thioether (sulfide) groups is 1. The molecule has 0 spiro atoms. The van der Waals surface area contributed by atoms with Crippen LogP contribution >= 0.6 is 11.8 Å². The fourth-order valence-electron chi connectivity index (χ4n) is 3.34. The van der Waals surface area contributed by atoms with Gasteiger partial charge in [-0.25, -0.2) is 4.98 Å². The minimum atomic E-state index is 0.519. The van der Waals surface area contributed by atoms with Crippen LogP contribution in [0.4, 0.5) is 0 Å². The minimum Gasteiger partial charge on any atom is -0.354 e. The first-order chi connectivity index (χ1) is 11.7. The first-order valence-corrected chi connectivity index (χ1v) is 9.92. The van der Waals surface area contributed by atoms with Gasteiger partial charge in [0.05, 0.1) is 12.2 Å². The molecule has 0 radical (unpaired) electrons. The summed E-state index contributed by atoms with van der Waals surface area (Å²) in [5.41, 5.74) is 3.21. The molecule has 6 heteroatoms. The molecular weight excluding hydrogens is 318 g/mol. The number of aliphatic imine (C=N–C) groups is 1. The standard InChI is InChI=1S/C18H27N5S/c1-13-6-4-9-17-21-15(12-23(13)17)11-20-18(19-2)22-14-7-5-8-16(10-14)24-3/h4,6,9,12,14,16H,5,7-8,10-11H2,1-3H3,(H2,19,20,22). The number of imidazole rings is 1. The highest BCUT2D eigenvalue weighted by molar-refractivity contribution is 7.99.